The van der Waals surface area contributed by atoms with Crippen LogP contribution in [0.1, 0.15) is 53.4 Å². The van der Waals surface area contributed by atoms with Gasteiger partial charge in [-0.2, -0.15) is 0 Å². The lowest BCUT2D eigenvalue weighted by atomic mass is 9.43. The van der Waals surface area contributed by atoms with Gasteiger partial charge in [0.05, 0.1) is 18.1 Å². The molecule has 5 aliphatic rings. The zero-order chi connectivity index (χ0) is 24.8. The molecule has 1 aliphatic heterocycles. The van der Waals surface area contributed by atoms with Crippen LogP contribution in [0, 0.1) is 45.8 Å². The highest BCUT2D eigenvalue weighted by atomic mass is 16.7. The lowest BCUT2D eigenvalue weighted by Gasteiger charge is -2.58. The van der Waals surface area contributed by atoms with Gasteiger partial charge in [0.25, 0.3) is 0 Å². The molecule has 0 radical (unpaired) electrons. The molecular weight excluding hydrogens is 440 g/mol. The van der Waals surface area contributed by atoms with E-state index in [1.54, 1.807) is 6.92 Å². The Labute approximate surface area is 200 Å². The Morgan fingerprint density at radius 1 is 1.18 bits per heavy atom. The number of aliphatic carboxylic acids is 1. The van der Waals surface area contributed by atoms with Gasteiger partial charge in [-0.05, 0) is 55.8 Å². The summed E-state index contributed by atoms with van der Waals surface area (Å²) in [5, 5.41) is 41.8. The first kappa shape index (κ1) is 24.4. The molecule has 8 nitrogen and oxygen atoms in total. The van der Waals surface area contributed by atoms with Gasteiger partial charge in [-0.3, -0.25) is 4.79 Å². The number of carboxylic acid groups (broad SMARTS) is 1. The second-order valence-corrected chi connectivity index (χ2v) is 12.0. The molecular formula is C26H38O8. The fourth-order valence-electron chi connectivity index (χ4n) is 9.02. The number of aldehydes is 1. The van der Waals surface area contributed by atoms with Crippen molar-refractivity contribution in [3.05, 3.63) is 11.6 Å². The Hall–Kier alpha value is -1.32. The number of rotatable bonds is 6. The van der Waals surface area contributed by atoms with Crippen molar-refractivity contribution >= 4 is 12.3 Å². The van der Waals surface area contributed by atoms with Crippen molar-refractivity contribution in [2.75, 3.05) is 6.61 Å². The van der Waals surface area contributed by atoms with Crippen LogP contribution in [0.4, 0.5) is 0 Å². The largest absolute Gasteiger partial charge is 0.481 e. The monoisotopic (exact) mass is 478 g/mol. The Bertz CT molecular complexity index is 901. The average molecular weight is 479 g/mol. The summed E-state index contributed by atoms with van der Waals surface area (Å²) in [4.78, 5) is 26.4. The molecule has 34 heavy (non-hydrogen) atoms. The van der Waals surface area contributed by atoms with E-state index in [0.717, 1.165) is 24.7 Å². The molecule has 3 saturated carbocycles. The molecule has 0 aromatic heterocycles. The van der Waals surface area contributed by atoms with Crippen molar-refractivity contribution in [1.29, 1.82) is 0 Å². The molecule has 0 amide bonds. The zero-order valence-electron chi connectivity index (χ0n) is 20.4. The molecule has 4 fully saturated rings. The molecule has 4 N–H and O–H groups in total. The van der Waals surface area contributed by atoms with E-state index >= 15 is 0 Å². The molecule has 190 valence electrons. The first-order chi connectivity index (χ1) is 16.0. The van der Waals surface area contributed by atoms with Crippen molar-refractivity contribution in [1.82, 2.24) is 0 Å². The topological polar surface area (TPSA) is 134 Å². The van der Waals surface area contributed by atoms with Gasteiger partial charge in [0.1, 0.15) is 30.0 Å². The first-order valence-corrected chi connectivity index (χ1v) is 12.7. The quantitative estimate of drug-likeness (QED) is 0.335. The molecule has 0 spiro atoms. The number of aliphatic hydroxyl groups is 3. The fourth-order valence-corrected chi connectivity index (χ4v) is 9.02. The van der Waals surface area contributed by atoms with Gasteiger partial charge >= 0.3 is 5.97 Å². The zero-order valence-corrected chi connectivity index (χ0v) is 20.4. The van der Waals surface area contributed by atoms with Crippen molar-refractivity contribution in [3.8, 4) is 0 Å². The number of ether oxygens (including phenoxy) is 2. The summed E-state index contributed by atoms with van der Waals surface area (Å²) in [5.41, 5.74) is -2.37. The van der Waals surface area contributed by atoms with Gasteiger partial charge in [-0.25, -0.2) is 0 Å². The van der Waals surface area contributed by atoms with E-state index in [-0.39, 0.29) is 30.3 Å². The third-order valence-corrected chi connectivity index (χ3v) is 10.4. The molecule has 4 aliphatic carbocycles. The van der Waals surface area contributed by atoms with Crippen LogP contribution in [-0.2, 0) is 19.1 Å². The Morgan fingerprint density at radius 2 is 1.88 bits per heavy atom. The van der Waals surface area contributed by atoms with Gasteiger partial charge in [0.2, 0.25) is 0 Å². The number of carbonyl (C=O) groups is 2. The van der Waals surface area contributed by atoms with E-state index in [1.807, 2.05) is 13.8 Å². The van der Waals surface area contributed by atoms with Crippen LogP contribution < -0.4 is 0 Å². The third-order valence-electron chi connectivity index (χ3n) is 10.4. The second-order valence-electron chi connectivity index (χ2n) is 12.0. The van der Waals surface area contributed by atoms with Gasteiger partial charge in [0, 0.05) is 5.41 Å². The van der Waals surface area contributed by atoms with Crippen LogP contribution in [0.2, 0.25) is 0 Å². The number of carbonyl (C=O) groups excluding carboxylic acids is 1. The Kier molecular flexibility index (Phi) is 5.62. The maximum atomic E-state index is 13.4. The Balaban J connectivity index is 1.59. The van der Waals surface area contributed by atoms with Crippen LogP contribution in [0.3, 0.4) is 0 Å². The predicted octanol–water partition coefficient (Wildman–Crippen LogP) is 1.76. The predicted molar refractivity (Wildman–Crippen MR) is 120 cm³/mol. The summed E-state index contributed by atoms with van der Waals surface area (Å²) in [6.45, 7) is 7.76. The van der Waals surface area contributed by atoms with E-state index < -0.39 is 52.9 Å². The summed E-state index contributed by atoms with van der Waals surface area (Å²) in [6.07, 6.45) is -0.0313. The summed E-state index contributed by atoms with van der Waals surface area (Å²) in [6, 6.07) is 0. The number of allylic oxidation sites excluding steroid dienone is 1. The van der Waals surface area contributed by atoms with E-state index in [1.165, 1.54) is 0 Å². The Morgan fingerprint density at radius 3 is 2.50 bits per heavy atom. The van der Waals surface area contributed by atoms with Crippen LogP contribution >= 0.6 is 0 Å². The van der Waals surface area contributed by atoms with E-state index in [4.69, 9.17) is 9.47 Å². The molecule has 4 bridgehead atoms. The summed E-state index contributed by atoms with van der Waals surface area (Å²) < 4.78 is 11.8. The second kappa shape index (κ2) is 7.84. The van der Waals surface area contributed by atoms with Crippen molar-refractivity contribution in [2.45, 2.75) is 84.1 Å². The van der Waals surface area contributed by atoms with Gasteiger partial charge in [0.15, 0.2) is 6.29 Å². The highest BCUT2D eigenvalue weighted by Gasteiger charge is 2.84. The maximum absolute atomic E-state index is 13.4. The van der Waals surface area contributed by atoms with Crippen LogP contribution in [-0.4, -0.2) is 70.0 Å². The summed E-state index contributed by atoms with van der Waals surface area (Å²) >= 11 is 0. The molecule has 0 aromatic rings. The highest BCUT2D eigenvalue weighted by Crippen LogP contribution is 2.82. The lowest BCUT2D eigenvalue weighted by Crippen LogP contribution is -2.64. The standard InChI is InChI=1S/C26H38O8/c1-12(2)18-7-15-8-24(10-27)17-6-5-13(3)16(17)9-25(15,26(18,24)23(31)32)11-33-22-21(30)20(29)19(28)14(4)34-22/h7,10,12-17,19-22,28-30H,5-6,8-9,11H2,1-4H3,(H,31,32)/t13-,14-,15?,16-,17-,19-,20-,21+,22-,24?,25?,26?/m1/s1. The van der Waals surface area contributed by atoms with Gasteiger partial charge < -0.3 is 34.7 Å². The van der Waals surface area contributed by atoms with Crippen molar-refractivity contribution < 1.29 is 39.5 Å². The average Bonchev–Trinajstić information content (AvgIpc) is 3.36. The van der Waals surface area contributed by atoms with E-state index in [0.29, 0.717) is 18.8 Å². The molecule has 1 heterocycles. The SMILES string of the molecule is CC(C)C1=CC2CC3(C=O)[C@@H]4CC[C@@H](C)[C@H]4CC2(CO[C@@H]2O[C@H](C)[C@@H](O)[C@@H](O)[C@@H]2O)C13C(=O)O. The van der Waals surface area contributed by atoms with Crippen LogP contribution in [0.5, 0.6) is 0 Å². The van der Waals surface area contributed by atoms with Gasteiger partial charge in [-0.1, -0.05) is 38.8 Å². The number of fused-ring (bicyclic) bond motifs is 2. The van der Waals surface area contributed by atoms with Crippen molar-refractivity contribution in [3.63, 3.8) is 0 Å². The highest BCUT2D eigenvalue weighted by molar-refractivity contribution is 5.90. The molecule has 12 atom stereocenters. The normalized spacial score (nSPS) is 53.6. The van der Waals surface area contributed by atoms with Crippen LogP contribution in [0.15, 0.2) is 11.6 Å². The van der Waals surface area contributed by atoms with Crippen LogP contribution in [0.25, 0.3) is 0 Å². The fraction of sp³-hybridized carbons (Fsp3) is 0.846. The smallest absolute Gasteiger partial charge is 0.315 e. The third kappa shape index (κ3) is 2.67. The first-order valence-electron chi connectivity index (χ1n) is 12.7. The number of aliphatic hydroxyl groups excluding tert-OH is 3. The maximum Gasteiger partial charge on any atom is 0.315 e. The lowest BCUT2D eigenvalue weighted by molar-refractivity contribution is -0.304. The number of carboxylic acids is 1. The van der Waals surface area contributed by atoms with E-state index in [9.17, 15) is 30.0 Å². The molecule has 0 aromatic carbocycles. The summed E-state index contributed by atoms with van der Waals surface area (Å²) in [5.74, 6) is -0.472. The molecule has 5 rings (SSSR count). The van der Waals surface area contributed by atoms with Gasteiger partial charge in [-0.15, -0.1) is 0 Å². The van der Waals surface area contributed by atoms with E-state index in [2.05, 4.69) is 13.0 Å². The minimum Gasteiger partial charge on any atom is -0.481 e. The molecule has 1 saturated heterocycles. The summed E-state index contributed by atoms with van der Waals surface area (Å²) in [7, 11) is 0. The molecule has 4 unspecified atom stereocenters. The minimum atomic E-state index is -1.46. The number of hydrogen-bond acceptors (Lipinski definition) is 7. The molecule has 8 heteroatoms. The number of hydrogen-bond donors (Lipinski definition) is 4. The van der Waals surface area contributed by atoms with Crippen molar-refractivity contribution in [2.24, 2.45) is 45.8 Å². The minimum absolute atomic E-state index is 0.000517.